The molecule has 2 heteroatoms. The minimum atomic E-state index is 0.765. The van der Waals surface area contributed by atoms with E-state index >= 15 is 0 Å². The van der Waals surface area contributed by atoms with Crippen LogP contribution in [0.15, 0.2) is 0 Å². The lowest BCUT2D eigenvalue weighted by Gasteiger charge is -2.37. The summed E-state index contributed by atoms with van der Waals surface area (Å²) in [7, 11) is 2.18. The Kier molecular flexibility index (Phi) is 6.37. The highest BCUT2D eigenvalue weighted by Gasteiger charge is 2.30. The van der Waals surface area contributed by atoms with Gasteiger partial charge in [-0.2, -0.15) is 11.8 Å². The van der Waals surface area contributed by atoms with Crippen LogP contribution >= 0.6 is 11.8 Å². The first-order valence-electron chi connectivity index (χ1n) is 8.14. The van der Waals surface area contributed by atoms with E-state index in [1.807, 2.05) is 0 Å². The van der Waals surface area contributed by atoms with E-state index in [4.69, 9.17) is 0 Å². The van der Waals surface area contributed by atoms with Gasteiger partial charge in [0.1, 0.15) is 0 Å². The molecule has 2 saturated carbocycles. The Morgan fingerprint density at radius 3 is 2.39 bits per heavy atom. The first-order valence-corrected chi connectivity index (χ1v) is 9.19. The van der Waals surface area contributed by atoms with E-state index in [2.05, 4.69) is 31.1 Å². The predicted molar refractivity (Wildman–Crippen MR) is 83.3 cm³/mol. The van der Waals surface area contributed by atoms with Gasteiger partial charge in [-0.3, -0.25) is 0 Å². The Morgan fingerprint density at radius 2 is 1.72 bits per heavy atom. The van der Waals surface area contributed by atoms with Crippen LogP contribution in [-0.2, 0) is 0 Å². The third kappa shape index (κ3) is 3.90. The molecular weight excluding hydrogens is 238 g/mol. The third-order valence-corrected chi connectivity index (χ3v) is 6.69. The molecule has 0 aromatic carbocycles. The molecule has 0 spiro atoms. The highest BCUT2D eigenvalue weighted by atomic mass is 32.2. The molecule has 3 unspecified atom stereocenters. The fourth-order valence-corrected chi connectivity index (χ4v) is 5.55. The van der Waals surface area contributed by atoms with Crippen molar-refractivity contribution in [2.75, 3.05) is 12.8 Å². The summed E-state index contributed by atoms with van der Waals surface area (Å²) in [5.41, 5.74) is 0. The van der Waals surface area contributed by atoms with E-state index in [1.54, 1.807) is 0 Å². The van der Waals surface area contributed by atoms with E-state index in [-0.39, 0.29) is 0 Å². The molecule has 0 radical (unpaired) electrons. The number of nitrogens with one attached hydrogen (secondary N) is 1. The Morgan fingerprint density at radius 1 is 1.06 bits per heavy atom. The summed E-state index contributed by atoms with van der Waals surface area (Å²) in [6.07, 6.45) is 13.2. The van der Waals surface area contributed by atoms with Crippen LogP contribution in [0.25, 0.3) is 0 Å². The normalized spacial score (nSPS) is 31.7. The second kappa shape index (κ2) is 7.79. The number of thioether (sulfide) groups is 1. The molecule has 0 aliphatic heterocycles. The van der Waals surface area contributed by atoms with Gasteiger partial charge in [0.2, 0.25) is 0 Å². The van der Waals surface area contributed by atoms with Crippen molar-refractivity contribution in [3.05, 3.63) is 0 Å². The first kappa shape index (κ1) is 14.7. The maximum atomic E-state index is 3.64. The minimum Gasteiger partial charge on any atom is -0.316 e. The van der Waals surface area contributed by atoms with Gasteiger partial charge in [-0.05, 0) is 38.1 Å². The average Bonchev–Trinajstić information content (AvgIpc) is 2.93. The minimum absolute atomic E-state index is 0.765. The van der Waals surface area contributed by atoms with Crippen LogP contribution in [0.3, 0.4) is 0 Å². The van der Waals surface area contributed by atoms with Crippen molar-refractivity contribution in [2.45, 2.75) is 76.0 Å². The van der Waals surface area contributed by atoms with Crippen LogP contribution in [0.1, 0.15) is 64.7 Å². The van der Waals surface area contributed by atoms with Gasteiger partial charge in [0.15, 0.2) is 0 Å². The maximum absolute atomic E-state index is 3.64. The Bertz CT molecular complexity index is 225. The monoisotopic (exact) mass is 269 g/mol. The van der Waals surface area contributed by atoms with Crippen LogP contribution in [-0.4, -0.2) is 24.1 Å². The standard InChI is InChI=1S/C16H31NS/c1-3-13-8-4-7-11-15(13)16(17-2)12-18-14-9-5-6-10-14/h13-17H,3-12H2,1-2H3. The van der Waals surface area contributed by atoms with Crippen molar-refractivity contribution >= 4 is 11.8 Å². The molecule has 2 aliphatic carbocycles. The van der Waals surface area contributed by atoms with Crippen molar-refractivity contribution in [1.82, 2.24) is 5.32 Å². The lowest BCUT2D eigenvalue weighted by Crippen LogP contribution is -2.41. The molecule has 2 rings (SSSR count). The van der Waals surface area contributed by atoms with Crippen molar-refractivity contribution in [1.29, 1.82) is 0 Å². The second-order valence-corrected chi connectivity index (χ2v) is 7.58. The van der Waals surface area contributed by atoms with Crippen molar-refractivity contribution < 1.29 is 0 Å². The zero-order valence-corrected chi connectivity index (χ0v) is 13.1. The molecule has 18 heavy (non-hydrogen) atoms. The summed E-state index contributed by atoms with van der Waals surface area (Å²) >= 11 is 2.26. The van der Waals surface area contributed by atoms with Crippen LogP contribution < -0.4 is 5.32 Å². The van der Waals surface area contributed by atoms with E-state index in [0.717, 1.165) is 23.1 Å². The van der Waals surface area contributed by atoms with Crippen LogP contribution in [0.4, 0.5) is 0 Å². The molecule has 0 aromatic rings. The van der Waals surface area contributed by atoms with Gasteiger partial charge in [0, 0.05) is 17.0 Å². The fraction of sp³-hybridized carbons (Fsp3) is 1.00. The molecule has 3 atom stereocenters. The lowest BCUT2D eigenvalue weighted by atomic mass is 9.74. The quantitative estimate of drug-likeness (QED) is 0.763. The summed E-state index contributed by atoms with van der Waals surface area (Å²) in [4.78, 5) is 0. The zero-order valence-electron chi connectivity index (χ0n) is 12.3. The highest BCUT2D eigenvalue weighted by molar-refractivity contribution is 7.99. The molecule has 1 N–H and O–H groups in total. The highest BCUT2D eigenvalue weighted by Crippen LogP contribution is 2.37. The summed E-state index contributed by atoms with van der Waals surface area (Å²) in [5, 5.41) is 4.62. The van der Waals surface area contributed by atoms with Crippen molar-refractivity contribution in [3.63, 3.8) is 0 Å². The number of hydrogen-bond acceptors (Lipinski definition) is 2. The van der Waals surface area contributed by atoms with E-state index in [9.17, 15) is 0 Å². The summed E-state index contributed by atoms with van der Waals surface area (Å²) in [6.45, 7) is 2.39. The molecule has 0 saturated heterocycles. The zero-order chi connectivity index (χ0) is 12.8. The second-order valence-electron chi connectivity index (χ2n) is 6.25. The molecule has 0 amide bonds. The van der Waals surface area contributed by atoms with Gasteiger partial charge < -0.3 is 5.32 Å². The predicted octanol–water partition coefficient (Wildman–Crippen LogP) is 4.47. The van der Waals surface area contributed by atoms with Gasteiger partial charge in [-0.25, -0.2) is 0 Å². The van der Waals surface area contributed by atoms with Gasteiger partial charge in [-0.15, -0.1) is 0 Å². The van der Waals surface area contributed by atoms with Gasteiger partial charge in [-0.1, -0.05) is 45.4 Å². The SMILES string of the molecule is CCC1CCCCC1C(CSC1CCCC1)NC. The maximum Gasteiger partial charge on any atom is 0.0186 e. The van der Waals surface area contributed by atoms with Gasteiger partial charge >= 0.3 is 0 Å². The lowest BCUT2D eigenvalue weighted by molar-refractivity contribution is 0.190. The average molecular weight is 269 g/mol. The molecule has 1 nitrogen and oxygen atoms in total. The smallest absolute Gasteiger partial charge is 0.0186 e. The van der Waals surface area contributed by atoms with Gasteiger partial charge in [0.05, 0.1) is 0 Å². The topological polar surface area (TPSA) is 12.0 Å². The van der Waals surface area contributed by atoms with Crippen molar-refractivity contribution in [2.24, 2.45) is 11.8 Å². The summed E-state index contributed by atoms with van der Waals surface area (Å²) in [6, 6.07) is 0.765. The van der Waals surface area contributed by atoms with Crippen LogP contribution in [0, 0.1) is 11.8 Å². The van der Waals surface area contributed by atoms with Crippen LogP contribution in [0.5, 0.6) is 0 Å². The Balaban J connectivity index is 1.81. The first-order chi connectivity index (χ1) is 8.85. The Labute approximate surface area is 118 Å². The molecule has 106 valence electrons. The van der Waals surface area contributed by atoms with E-state index in [0.29, 0.717) is 0 Å². The molecule has 2 aliphatic rings. The molecule has 0 heterocycles. The summed E-state index contributed by atoms with van der Waals surface area (Å²) in [5.74, 6) is 3.28. The third-order valence-electron chi connectivity index (χ3n) is 5.19. The molecule has 2 fully saturated rings. The van der Waals surface area contributed by atoms with Gasteiger partial charge in [0.25, 0.3) is 0 Å². The number of rotatable bonds is 6. The number of hydrogen-bond donors (Lipinski definition) is 1. The molecule has 0 aromatic heterocycles. The Hall–Kier alpha value is 0.310. The van der Waals surface area contributed by atoms with E-state index in [1.165, 1.54) is 63.5 Å². The largest absolute Gasteiger partial charge is 0.316 e. The molecule has 0 bridgehead atoms. The van der Waals surface area contributed by atoms with Crippen molar-refractivity contribution in [3.8, 4) is 0 Å². The van der Waals surface area contributed by atoms with Crippen LogP contribution in [0.2, 0.25) is 0 Å². The molecular formula is C16H31NS. The van der Waals surface area contributed by atoms with E-state index < -0.39 is 0 Å². The summed E-state index contributed by atoms with van der Waals surface area (Å²) < 4.78 is 0. The fourth-order valence-electron chi connectivity index (χ4n) is 3.99.